The lowest BCUT2D eigenvalue weighted by molar-refractivity contribution is 0.103. The molecule has 0 saturated carbocycles. The maximum atomic E-state index is 13.1. The monoisotopic (exact) mass is 398 g/mol. The Balaban J connectivity index is 1.65. The molecule has 0 unspecified atom stereocenters. The second kappa shape index (κ2) is 8.21. The number of carbonyl (C=O) groups is 2. The van der Waals surface area contributed by atoms with E-state index in [1.165, 1.54) is 48.5 Å². The SMILES string of the molecule is O=C(c1ccc(F)cc1)c1cccc(-c2cccc(C(=O)c3ccc(F)cc3)c2)c1. The summed E-state index contributed by atoms with van der Waals surface area (Å²) >= 11 is 0. The van der Waals surface area contributed by atoms with Gasteiger partial charge in [-0.15, -0.1) is 0 Å². The Labute approximate surface area is 172 Å². The van der Waals surface area contributed by atoms with Crippen molar-refractivity contribution >= 4 is 11.6 Å². The average molecular weight is 398 g/mol. The molecule has 0 bridgehead atoms. The van der Waals surface area contributed by atoms with Crippen LogP contribution >= 0.6 is 0 Å². The molecule has 0 N–H and O–H groups in total. The van der Waals surface area contributed by atoms with E-state index in [1.54, 1.807) is 36.4 Å². The van der Waals surface area contributed by atoms with Crippen LogP contribution in [-0.2, 0) is 0 Å². The Morgan fingerprint density at radius 2 is 0.833 bits per heavy atom. The maximum absolute atomic E-state index is 13.1. The van der Waals surface area contributed by atoms with Gasteiger partial charge in [-0.1, -0.05) is 36.4 Å². The molecule has 4 heteroatoms. The average Bonchev–Trinajstić information content (AvgIpc) is 2.79. The molecular formula is C26H16F2O2. The van der Waals surface area contributed by atoms with Gasteiger partial charge in [-0.25, -0.2) is 8.78 Å². The number of ketones is 2. The lowest BCUT2D eigenvalue weighted by Gasteiger charge is -2.08. The molecule has 146 valence electrons. The van der Waals surface area contributed by atoms with Gasteiger partial charge in [0.05, 0.1) is 0 Å². The van der Waals surface area contributed by atoms with Crippen LogP contribution in [0.25, 0.3) is 11.1 Å². The maximum Gasteiger partial charge on any atom is 0.193 e. The van der Waals surface area contributed by atoms with Crippen LogP contribution in [-0.4, -0.2) is 11.6 Å². The van der Waals surface area contributed by atoms with Gasteiger partial charge < -0.3 is 0 Å². The fourth-order valence-corrected chi connectivity index (χ4v) is 3.22. The summed E-state index contributed by atoms with van der Waals surface area (Å²) in [6, 6.07) is 24.9. The highest BCUT2D eigenvalue weighted by Crippen LogP contribution is 2.24. The molecule has 0 aliphatic carbocycles. The van der Waals surface area contributed by atoms with Crippen LogP contribution in [0.4, 0.5) is 8.78 Å². The molecule has 0 atom stereocenters. The third-order valence-electron chi connectivity index (χ3n) is 4.80. The number of carbonyl (C=O) groups excluding carboxylic acids is 2. The van der Waals surface area contributed by atoms with Crippen LogP contribution < -0.4 is 0 Å². The van der Waals surface area contributed by atoms with Crippen molar-refractivity contribution in [3.63, 3.8) is 0 Å². The minimum atomic E-state index is -0.400. The molecular weight excluding hydrogens is 382 g/mol. The first-order chi connectivity index (χ1) is 14.5. The van der Waals surface area contributed by atoms with Crippen LogP contribution in [0.15, 0.2) is 97.1 Å². The van der Waals surface area contributed by atoms with Crippen molar-refractivity contribution in [2.24, 2.45) is 0 Å². The molecule has 0 aliphatic rings. The molecule has 0 spiro atoms. The Bertz CT molecular complexity index is 1130. The van der Waals surface area contributed by atoms with E-state index in [0.717, 1.165) is 11.1 Å². The van der Waals surface area contributed by atoms with Crippen LogP contribution in [0, 0.1) is 11.6 Å². The first-order valence-corrected chi connectivity index (χ1v) is 9.32. The van der Waals surface area contributed by atoms with Gasteiger partial charge in [0.1, 0.15) is 11.6 Å². The van der Waals surface area contributed by atoms with E-state index < -0.39 is 11.6 Å². The molecule has 0 aliphatic heterocycles. The summed E-state index contributed by atoms with van der Waals surface area (Å²) in [7, 11) is 0. The Kier molecular flexibility index (Phi) is 5.31. The first kappa shape index (κ1) is 19.4. The smallest absolute Gasteiger partial charge is 0.193 e. The Hall–Kier alpha value is -3.92. The van der Waals surface area contributed by atoms with E-state index in [9.17, 15) is 18.4 Å². The molecule has 30 heavy (non-hydrogen) atoms. The second-order valence-electron chi connectivity index (χ2n) is 6.83. The highest BCUT2D eigenvalue weighted by molar-refractivity contribution is 6.10. The topological polar surface area (TPSA) is 34.1 Å². The Morgan fingerprint density at radius 3 is 1.20 bits per heavy atom. The largest absolute Gasteiger partial charge is 0.289 e. The van der Waals surface area contributed by atoms with Crippen LogP contribution in [0.3, 0.4) is 0 Å². The van der Waals surface area contributed by atoms with Crippen LogP contribution in [0.2, 0.25) is 0 Å². The van der Waals surface area contributed by atoms with E-state index in [1.807, 2.05) is 12.1 Å². The Morgan fingerprint density at radius 1 is 0.467 bits per heavy atom. The normalized spacial score (nSPS) is 10.6. The number of benzene rings is 4. The quantitative estimate of drug-likeness (QED) is 0.381. The number of halogens is 2. The summed E-state index contributed by atoms with van der Waals surface area (Å²) in [4.78, 5) is 25.4. The molecule has 4 aromatic carbocycles. The lowest BCUT2D eigenvalue weighted by atomic mass is 9.95. The summed E-state index contributed by atoms with van der Waals surface area (Å²) < 4.78 is 26.3. The fraction of sp³-hybridized carbons (Fsp3) is 0. The van der Waals surface area contributed by atoms with Crippen molar-refractivity contribution in [1.82, 2.24) is 0 Å². The summed E-state index contributed by atoms with van der Waals surface area (Å²) in [6.07, 6.45) is 0. The van der Waals surface area contributed by atoms with Gasteiger partial charge in [-0.3, -0.25) is 9.59 Å². The van der Waals surface area contributed by atoms with Crippen molar-refractivity contribution in [2.75, 3.05) is 0 Å². The van der Waals surface area contributed by atoms with E-state index in [-0.39, 0.29) is 11.6 Å². The van der Waals surface area contributed by atoms with Gasteiger partial charge in [-0.05, 0) is 71.8 Å². The molecule has 0 aromatic heterocycles. The number of rotatable bonds is 5. The zero-order valence-corrected chi connectivity index (χ0v) is 15.8. The minimum Gasteiger partial charge on any atom is -0.289 e. The van der Waals surface area contributed by atoms with E-state index >= 15 is 0 Å². The predicted octanol–water partition coefficient (Wildman–Crippen LogP) is 6.09. The molecule has 2 nitrogen and oxygen atoms in total. The van der Waals surface area contributed by atoms with Crippen LogP contribution in [0.5, 0.6) is 0 Å². The first-order valence-electron chi connectivity index (χ1n) is 9.32. The highest BCUT2D eigenvalue weighted by atomic mass is 19.1. The fourth-order valence-electron chi connectivity index (χ4n) is 3.22. The van der Waals surface area contributed by atoms with Gasteiger partial charge in [-0.2, -0.15) is 0 Å². The van der Waals surface area contributed by atoms with Crippen molar-refractivity contribution < 1.29 is 18.4 Å². The summed E-state index contributed by atoms with van der Waals surface area (Å²) in [5.74, 6) is -1.23. The summed E-state index contributed by atoms with van der Waals surface area (Å²) in [5, 5.41) is 0. The van der Waals surface area contributed by atoms with E-state index in [4.69, 9.17) is 0 Å². The van der Waals surface area contributed by atoms with Crippen molar-refractivity contribution in [2.45, 2.75) is 0 Å². The lowest BCUT2D eigenvalue weighted by Crippen LogP contribution is -2.02. The van der Waals surface area contributed by atoms with Gasteiger partial charge >= 0.3 is 0 Å². The molecule has 0 radical (unpaired) electrons. The van der Waals surface area contributed by atoms with Crippen molar-refractivity contribution in [3.8, 4) is 11.1 Å². The molecule has 4 aromatic rings. The van der Waals surface area contributed by atoms with Gasteiger partial charge in [0.15, 0.2) is 11.6 Å². The third-order valence-corrected chi connectivity index (χ3v) is 4.80. The zero-order valence-electron chi connectivity index (χ0n) is 15.8. The number of hydrogen-bond donors (Lipinski definition) is 0. The molecule has 0 amide bonds. The van der Waals surface area contributed by atoms with Gasteiger partial charge in [0.25, 0.3) is 0 Å². The van der Waals surface area contributed by atoms with Crippen molar-refractivity contribution in [3.05, 3.63) is 131 Å². The predicted molar refractivity (Wildman–Crippen MR) is 112 cm³/mol. The minimum absolute atomic E-state index is 0.213. The van der Waals surface area contributed by atoms with Crippen molar-refractivity contribution in [1.29, 1.82) is 0 Å². The zero-order chi connectivity index (χ0) is 21.1. The number of hydrogen-bond acceptors (Lipinski definition) is 2. The second-order valence-corrected chi connectivity index (χ2v) is 6.83. The molecule has 0 fully saturated rings. The molecule has 0 saturated heterocycles. The molecule has 0 heterocycles. The summed E-state index contributed by atoms with van der Waals surface area (Å²) in [6.45, 7) is 0. The van der Waals surface area contributed by atoms with E-state index in [2.05, 4.69) is 0 Å². The van der Waals surface area contributed by atoms with Gasteiger partial charge in [0, 0.05) is 22.3 Å². The third kappa shape index (κ3) is 4.08. The molecule has 4 rings (SSSR count). The van der Waals surface area contributed by atoms with Crippen LogP contribution in [0.1, 0.15) is 31.8 Å². The van der Waals surface area contributed by atoms with Gasteiger partial charge in [0.2, 0.25) is 0 Å². The summed E-state index contributed by atoms with van der Waals surface area (Å²) in [5.41, 5.74) is 3.28. The highest BCUT2D eigenvalue weighted by Gasteiger charge is 2.13. The standard InChI is InChI=1S/C26H16F2O2/c27-23-11-7-17(8-12-23)25(29)21-5-1-3-19(15-21)20-4-2-6-22(16-20)26(30)18-9-13-24(28)14-10-18/h1-16H. The van der Waals surface area contributed by atoms with E-state index in [0.29, 0.717) is 22.3 Å².